The summed E-state index contributed by atoms with van der Waals surface area (Å²) in [5.41, 5.74) is 0.776. The first-order valence-electron chi connectivity index (χ1n) is 7.19. The van der Waals surface area contributed by atoms with E-state index in [1.165, 1.54) is 19.2 Å². The van der Waals surface area contributed by atoms with Gasteiger partial charge in [-0.15, -0.1) is 0 Å². The van der Waals surface area contributed by atoms with Crippen molar-refractivity contribution in [3.8, 4) is 6.07 Å². The number of hydrogen-bond donors (Lipinski definition) is 3. The van der Waals surface area contributed by atoms with Crippen LogP contribution in [0.15, 0.2) is 42.5 Å². The average Bonchev–Trinajstić information content (AvgIpc) is 2.61. The lowest BCUT2D eigenvalue weighted by Gasteiger charge is -2.18. The van der Waals surface area contributed by atoms with Gasteiger partial charge in [0.25, 0.3) is 0 Å². The Balaban J connectivity index is 2.18. The summed E-state index contributed by atoms with van der Waals surface area (Å²) < 4.78 is 26.5. The number of benzene rings is 2. The number of carbonyl (C=O) groups excluding carboxylic acids is 2. The van der Waals surface area contributed by atoms with E-state index < -0.39 is 29.6 Å². The Morgan fingerprint density at radius 3 is 2.52 bits per heavy atom. The Labute approximate surface area is 142 Å². The zero-order valence-electron chi connectivity index (χ0n) is 13.1. The molecule has 6 nitrogen and oxygen atoms in total. The van der Waals surface area contributed by atoms with Crippen molar-refractivity contribution in [2.24, 2.45) is 0 Å². The van der Waals surface area contributed by atoms with E-state index in [9.17, 15) is 18.4 Å². The quantitative estimate of drug-likeness (QED) is 0.795. The van der Waals surface area contributed by atoms with Crippen LogP contribution < -0.4 is 16.0 Å². The number of anilines is 1. The summed E-state index contributed by atoms with van der Waals surface area (Å²) in [4.78, 5) is 24.1. The predicted octanol–water partition coefficient (Wildman–Crippen LogP) is 2.45. The highest BCUT2D eigenvalue weighted by Crippen LogP contribution is 2.17. The Kier molecular flexibility index (Phi) is 5.63. The number of nitrogens with zero attached hydrogens (tertiary/aromatic N) is 1. The molecular formula is C17H14F2N4O2. The third-order valence-corrected chi connectivity index (χ3v) is 3.31. The van der Waals surface area contributed by atoms with Gasteiger partial charge in [0.05, 0.1) is 11.6 Å². The Bertz CT molecular complexity index is 849. The minimum Gasteiger partial charge on any atom is -0.357 e. The molecular weight excluding hydrogens is 330 g/mol. The lowest BCUT2D eigenvalue weighted by molar-refractivity contribution is -0.122. The molecule has 8 heteroatoms. The van der Waals surface area contributed by atoms with Crippen LogP contribution in [0.25, 0.3) is 0 Å². The monoisotopic (exact) mass is 344 g/mol. The number of amides is 3. The summed E-state index contributed by atoms with van der Waals surface area (Å²) in [5.74, 6) is -2.79. The highest BCUT2D eigenvalue weighted by molar-refractivity contribution is 5.94. The highest BCUT2D eigenvalue weighted by atomic mass is 19.2. The molecule has 2 rings (SSSR count). The van der Waals surface area contributed by atoms with Crippen LogP contribution in [0.4, 0.5) is 19.3 Å². The summed E-state index contributed by atoms with van der Waals surface area (Å²) in [7, 11) is 1.35. The maximum atomic E-state index is 13.4. The molecule has 1 atom stereocenters. The molecule has 128 valence electrons. The molecule has 0 aliphatic heterocycles. The highest BCUT2D eigenvalue weighted by Gasteiger charge is 2.23. The zero-order chi connectivity index (χ0) is 18.4. The van der Waals surface area contributed by atoms with Crippen LogP contribution in [-0.4, -0.2) is 19.0 Å². The second kappa shape index (κ2) is 7.88. The molecule has 3 amide bonds. The van der Waals surface area contributed by atoms with Crippen molar-refractivity contribution in [1.29, 1.82) is 5.26 Å². The van der Waals surface area contributed by atoms with Gasteiger partial charge in [-0.25, -0.2) is 13.6 Å². The molecule has 0 radical (unpaired) electrons. The van der Waals surface area contributed by atoms with Gasteiger partial charge in [0.15, 0.2) is 11.6 Å². The SMILES string of the molecule is CNC(=O)[C@@H](NC(=O)Nc1cccc(C#N)c1)c1ccc(F)c(F)c1. The number of urea groups is 1. The maximum absolute atomic E-state index is 13.4. The van der Waals surface area contributed by atoms with Gasteiger partial charge in [-0.3, -0.25) is 4.79 Å². The van der Waals surface area contributed by atoms with Crippen molar-refractivity contribution < 1.29 is 18.4 Å². The Morgan fingerprint density at radius 2 is 1.88 bits per heavy atom. The third kappa shape index (κ3) is 4.51. The summed E-state index contributed by atoms with van der Waals surface area (Å²) >= 11 is 0. The molecule has 0 heterocycles. The minimum absolute atomic E-state index is 0.0826. The molecule has 3 N–H and O–H groups in total. The molecule has 0 fully saturated rings. The predicted molar refractivity (Wildman–Crippen MR) is 86.5 cm³/mol. The number of likely N-dealkylation sites (N-methyl/N-ethyl adjacent to an activating group) is 1. The first-order valence-corrected chi connectivity index (χ1v) is 7.19. The van der Waals surface area contributed by atoms with Crippen molar-refractivity contribution in [3.05, 3.63) is 65.2 Å². The van der Waals surface area contributed by atoms with Gasteiger partial charge in [0, 0.05) is 12.7 Å². The minimum atomic E-state index is -1.22. The fraction of sp³-hybridized carbons (Fsp3) is 0.118. The van der Waals surface area contributed by atoms with E-state index in [1.807, 2.05) is 6.07 Å². The van der Waals surface area contributed by atoms with E-state index in [0.29, 0.717) is 11.3 Å². The number of hydrogen-bond acceptors (Lipinski definition) is 3. The molecule has 0 saturated heterocycles. The molecule has 0 spiro atoms. The fourth-order valence-electron chi connectivity index (χ4n) is 2.10. The van der Waals surface area contributed by atoms with Crippen LogP contribution in [0.2, 0.25) is 0 Å². The van der Waals surface area contributed by atoms with E-state index >= 15 is 0 Å². The van der Waals surface area contributed by atoms with Crippen LogP contribution in [0.5, 0.6) is 0 Å². The molecule has 25 heavy (non-hydrogen) atoms. The van der Waals surface area contributed by atoms with Gasteiger partial charge < -0.3 is 16.0 Å². The standard InChI is InChI=1S/C17H14F2N4O2/c1-21-16(24)15(11-5-6-13(18)14(19)8-11)23-17(25)22-12-4-2-3-10(7-12)9-20/h2-8,15H,1H3,(H,21,24)(H2,22,23,25)/t15-/m0/s1. The van der Waals surface area contributed by atoms with Crippen molar-refractivity contribution in [2.75, 3.05) is 12.4 Å². The van der Waals surface area contributed by atoms with Gasteiger partial charge in [0.1, 0.15) is 6.04 Å². The molecule has 0 unspecified atom stereocenters. The molecule has 0 saturated carbocycles. The molecule has 2 aromatic carbocycles. The van der Waals surface area contributed by atoms with Crippen molar-refractivity contribution in [2.45, 2.75) is 6.04 Å². The fourth-order valence-corrected chi connectivity index (χ4v) is 2.10. The van der Waals surface area contributed by atoms with Crippen LogP contribution in [0.3, 0.4) is 0 Å². The maximum Gasteiger partial charge on any atom is 0.320 e. The molecule has 0 bridgehead atoms. The Morgan fingerprint density at radius 1 is 1.12 bits per heavy atom. The van der Waals surface area contributed by atoms with Gasteiger partial charge in [-0.2, -0.15) is 5.26 Å². The summed E-state index contributed by atoms with van der Waals surface area (Å²) in [6.07, 6.45) is 0. The molecule has 2 aromatic rings. The molecule has 0 aliphatic carbocycles. The largest absolute Gasteiger partial charge is 0.357 e. The average molecular weight is 344 g/mol. The van der Waals surface area contributed by atoms with Gasteiger partial charge in [0.2, 0.25) is 5.91 Å². The van der Waals surface area contributed by atoms with E-state index in [2.05, 4.69) is 16.0 Å². The van der Waals surface area contributed by atoms with Crippen molar-refractivity contribution in [3.63, 3.8) is 0 Å². The number of nitrogens with one attached hydrogen (secondary N) is 3. The summed E-state index contributed by atoms with van der Waals surface area (Å²) in [6, 6.07) is 9.05. The van der Waals surface area contributed by atoms with Crippen molar-refractivity contribution in [1.82, 2.24) is 10.6 Å². The normalized spacial score (nSPS) is 11.1. The molecule has 0 aromatic heterocycles. The van der Waals surface area contributed by atoms with Crippen LogP contribution in [0, 0.1) is 23.0 Å². The van der Waals surface area contributed by atoms with E-state index in [0.717, 1.165) is 12.1 Å². The molecule has 0 aliphatic rings. The van der Waals surface area contributed by atoms with E-state index in [4.69, 9.17) is 5.26 Å². The van der Waals surface area contributed by atoms with Gasteiger partial charge >= 0.3 is 6.03 Å². The van der Waals surface area contributed by atoms with Crippen LogP contribution in [0.1, 0.15) is 17.2 Å². The lowest BCUT2D eigenvalue weighted by Crippen LogP contribution is -2.41. The second-order valence-electron chi connectivity index (χ2n) is 5.01. The van der Waals surface area contributed by atoms with Gasteiger partial charge in [-0.05, 0) is 35.9 Å². The number of rotatable bonds is 4. The van der Waals surface area contributed by atoms with Crippen LogP contribution in [-0.2, 0) is 4.79 Å². The summed E-state index contributed by atoms with van der Waals surface area (Å²) in [5, 5.41) is 16.0. The topological polar surface area (TPSA) is 94.0 Å². The lowest BCUT2D eigenvalue weighted by atomic mass is 10.1. The smallest absolute Gasteiger partial charge is 0.320 e. The third-order valence-electron chi connectivity index (χ3n) is 3.31. The first-order chi connectivity index (χ1) is 11.9. The number of nitriles is 1. The summed E-state index contributed by atoms with van der Waals surface area (Å²) in [6.45, 7) is 0. The van der Waals surface area contributed by atoms with Gasteiger partial charge in [-0.1, -0.05) is 12.1 Å². The number of halogens is 2. The first kappa shape index (κ1) is 17.9. The van der Waals surface area contributed by atoms with Crippen molar-refractivity contribution >= 4 is 17.6 Å². The second-order valence-corrected chi connectivity index (χ2v) is 5.01. The zero-order valence-corrected chi connectivity index (χ0v) is 13.1. The van der Waals surface area contributed by atoms with E-state index in [1.54, 1.807) is 18.2 Å². The van der Waals surface area contributed by atoms with E-state index in [-0.39, 0.29) is 5.56 Å². The Hall–Kier alpha value is -3.47. The number of carbonyl (C=O) groups is 2. The van der Waals surface area contributed by atoms with Crippen LogP contribution >= 0.6 is 0 Å².